The van der Waals surface area contributed by atoms with E-state index in [1.54, 1.807) is 45.2 Å². The topological polar surface area (TPSA) is 200 Å². The van der Waals surface area contributed by atoms with E-state index in [1.807, 2.05) is 80.5 Å². The van der Waals surface area contributed by atoms with E-state index in [2.05, 4.69) is 93.2 Å². The number of likely N-dealkylation sites (N-methyl/N-ethyl adjacent to an activating group) is 1. The second-order valence-corrected chi connectivity index (χ2v) is 40.1. The van der Waals surface area contributed by atoms with Crippen LogP contribution >= 0.6 is 22.7 Å². The van der Waals surface area contributed by atoms with Crippen molar-refractivity contribution in [1.29, 1.82) is 0 Å². The first kappa shape index (κ1) is 71.8. The second kappa shape index (κ2) is 31.3. The summed E-state index contributed by atoms with van der Waals surface area (Å²) in [4.78, 5) is 40.8. The highest BCUT2D eigenvalue weighted by atomic mass is 32.2. The molecule has 91 heavy (non-hydrogen) atoms. The van der Waals surface area contributed by atoms with Gasteiger partial charge >= 0.3 is 12.1 Å². The smallest absolute Gasteiger partial charge is 0.410 e. The Morgan fingerprint density at radius 2 is 1.55 bits per heavy atom. The number of anilines is 2. The molecule has 3 aromatic heterocycles. The molecule has 0 aliphatic rings. The van der Waals surface area contributed by atoms with Gasteiger partial charge in [-0.1, -0.05) is 136 Å². The Labute approximate surface area is 546 Å². The number of benzene rings is 4. The van der Waals surface area contributed by atoms with Crippen LogP contribution in [0.15, 0.2) is 114 Å². The molecule has 0 spiro atoms. The molecule has 0 radical (unpaired) electrons. The SMILES string of the molecule is COC(=O)c1nc(N(CCCC(C[N+](C)(C)CCCS(=O)(=O)[O-])O[Si](c2ccccc2)(c2ccccc2)C(C)(C)C)c2cc(C)c(N=c3sc4ccccc4n3COCC[Si](C)(C)C)nn2)sc1CCCOc1ccc(C#CCN(C)C(=O)OC(C)(C)C)cc1F. The fourth-order valence-electron chi connectivity index (χ4n) is 10.4. The van der Waals surface area contributed by atoms with Crippen molar-refractivity contribution in [3.8, 4) is 17.6 Å². The third kappa shape index (κ3) is 20.7. The molecule has 1 atom stereocenters. The van der Waals surface area contributed by atoms with E-state index in [4.69, 9.17) is 43.5 Å². The zero-order chi connectivity index (χ0) is 66.4. The van der Waals surface area contributed by atoms with Crippen molar-refractivity contribution < 1.29 is 54.8 Å². The van der Waals surface area contributed by atoms with Crippen molar-refractivity contribution in [2.45, 2.75) is 130 Å². The number of nitrogens with zero attached hydrogens (tertiary/aromatic N) is 8. The highest BCUT2D eigenvalue weighted by Gasteiger charge is 2.52. The number of halogens is 1. The number of aromatic nitrogens is 4. The van der Waals surface area contributed by atoms with Crippen molar-refractivity contribution in [2.24, 2.45) is 4.99 Å². The molecule has 24 heteroatoms. The number of thiazole rings is 2. The number of carbonyl (C=O) groups is 2. The molecule has 3 heterocycles. The van der Waals surface area contributed by atoms with Crippen LogP contribution in [0.25, 0.3) is 10.2 Å². The summed E-state index contributed by atoms with van der Waals surface area (Å²) in [7, 11) is -1.97. The molecule has 0 N–H and O–H groups in total. The molecule has 0 aliphatic carbocycles. The van der Waals surface area contributed by atoms with E-state index in [9.17, 15) is 22.6 Å². The van der Waals surface area contributed by atoms with E-state index >= 15 is 4.39 Å². The summed E-state index contributed by atoms with van der Waals surface area (Å²) < 4.78 is 85.4. The Balaban J connectivity index is 1.22. The largest absolute Gasteiger partial charge is 0.748 e. The molecule has 0 bridgehead atoms. The second-order valence-electron chi connectivity index (χ2n) is 26.6. The van der Waals surface area contributed by atoms with Crippen molar-refractivity contribution in [3.63, 3.8) is 0 Å². The maximum atomic E-state index is 15.5. The van der Waals surface area contributed by atoms with Crippen LogP contribution < -0.4 is 24.8 Å². The van der Waals surface area contributed by atoms with Crippen LogP contribution in [0.2, 0.25) is 30.7 Å². The van der Waals surface area contributed by atoms with Gasteiger partial charge in [0.2, 0.25) is 0 Å². The van der Waals surface area contributed by atoms with Gasteiger partial charge in [0.15, 0.2) is 38.8 Å². The van der Waals surface area contributed by atoms with Gasteiger partial charge in [-0.15, -0.1) is 21.5 Å². The summed E-state index contributed by atoms with van der Waals surface area (Å²) in [6, 6.07) is 36.3. The first-order chi connectivity index (χ1) is 42.8. The van der Waals surface area contributed by atoms with Gasteiger partial charge in [0, 0.05) is 50.9 Å². The molecular formula is C67H89FN8O10S3Si2. The fraction of sp³-hybridized carbons (Fsp3) is 0.463. The monoisotopic (exact) mass is 1340 g/mol. The molecule has 1 amide bonds. The van der Waals surface area contributed by atoms with Crippen LogP contribution in [-0.4, -0.2) is 156 Å². The number of fused-ring (bicyclic) bond motifs is 1. The third-order valence-electron chi connectivity index (χ3n) is 15.0. The lowest BCUT2D eigenvalue weighted by Crippen LogP contribution is -2.68. The van der Waals surface area contributed by atoms with Crippen LogP contribution in [0.3, 0.4) is 0 Å². The highest BCUT2D eigenvalue weighted by molar-refractivity contribution is 7.85. The lowest BCUT2D eigenvalue weighted by atomic mass is 10.1. The number of hydrogen-bond acceptors (Lipinski definition) is 17. The number of esters is 1. The number of hydrogen-bond donors (Lipinski definition) is 0. The van der Waals surface area contributed by atoms with Crippen LogP contribution in [0.5, 0.6) is 5.75 Å². The quantitative estimate of drug-likeness (QED) is 0.0107. The van der Waals surface area contributed by atoms with E-state index in [0.717, 1.165) is 32.2 Å². The number of rotatable bonds is 29. The number of carbonyl (C=O) groups excluding carboxylic acids is 2. The van der Waals surface area contributed by atoms with E-state index in [1.165, 1.54) is 35.5 Å². The van der Waals surface area contributed by atoms with Crippen LogP contribution in [-0.2, 0) is 41.9 Å². The molecule has 18 nitrogen and oxygen atoms in total. The van der Waals surface area contributed by atoms with Crippen LogP contribution in [0.4, 0.5) is 26.0 Å². The number of amides is 1. The Morgan fingerprint density at radius 3 is 2.16 bits per heavy atom. The summed E-state index contributed by atoms with van der Waals surface area (Å²) in [5, 5.41) is 12.0. The van der Waals surface area contributed by atoms with Gasteiger partial charge < -0.3 is 42.2 Å². The van der Waals surface area contributed by atoms with E-state index in [0.29, 0.717) is 95.1 Å². The zero-order valence-electron chi connectivity index (χ0n) is 55.1. The molecule has 1 unspecified atom stereocenters. The average Bonchev–Trinajstić information content (AvgIpc) is 1.58. The minimum atomic E-state index is -4.43. The molecular weight excluding hydrogens is 1250 g/mol. The summed E-state index contributed by atoms with van der Waals surface area (Å²) in [6.45, 7) is 23.4. The number of ether oxygens (including phenoxy) is 4. The Hall–Kier alpha value is -6.67. The summed E-state index contributed by atoms with van der Waals surface area (Å²) in [5.41, 5.74) is 1.63. The summed E-state index contributed by atoms with van der Waals surface area (Å²) in [5.74, 6) is 5.02. The van der Waals surface area contributed by atoms with Gasteiger partial charge in [0.25, 0.3) is 8.32 Å². The van der Waals surface area contributed by atoms with Crippen LogP contribution in [0, 0.1) is 24.6 Å². The molecule has 490 valence electrons. The zero-order valence-corrected chi connectivity index (χ0v) is 59.6. The fourth-order valence-corrected chi connectivity index (χ4v) is 18.5. The van der Waals surface area contributed by atoms with Gasteiger partial charge in [-0.2, -0.15) is 4.99 Å². The third-order valence-corrected chi connectivity index (χ3v) is 24.8. The van der Waals surface area contributed by atoms with Crippen molar-refractivity contribution in [2.75, 3.05) is 78.3 Å². The average molecular weight is 1340 g/mol. The van der Waals surface area contributed by atoms with Gasteiger partial charge in [-0.25, -0.2) is 27.4 Å². The Morgan fingerprint density at radius 1 is 0.879 bits per heavy atom. The number of aryl methyl sites for hydroxylation is 2. The van der Waals surface area contributed by atoms with Crippen molar-refractivity contribution in [1.82, 2.24) is 24.6 Å². The first-order valence-corrected chi connectivity index (χ1v) is 39.5. The van der Waals surface area contributed by atoms with Crippen LogP contribution in [0.1, 0.15) is 93.7 Å². The normalized spacial score (nSPS) is 13.0. The molecule has 4 aromatic carbocycles. The Kier molecular flexibility index (Phi) is 24.7. The Bertz CT molecular complexity index is 3800. The number of quaternary nitrogens is 1. The predicted octanol–water partition coefficient (Wildman–Crippen LogP) is 11.8. The summed E-state index contributed by atoms with van der Waals surface area (Å²) in [6.07, 6.45) is 1.06. The van der Waals surface area contributed by atoms with E-state index in [-0.39, 0.29) is 36.1 Å². The first-order valence-electron chi connectivity index (χ1n) is 30.7. The van der Waals surface area contributed by atoms with Gasteiger partial charge in [-0.3, -0.25) is 4.57 Å². The standard InChI is InChI=1S/C67H89FN8O10S3Si2/c1-49-45-59(71-72-61(49)70-64-75(48-83-42-44-90(12,13)14)55-33-21-22-34-57(55)87-64)74(63-69-60(62(77)82-11)58(88-63)35-25-41-84-56-37-36-50(46-54(56)68)27-23-38-73(8)65(78)85-66(2,3)4)39-24-28-51(47-76(9,10)40-26-43-89(79,80)81)86-91(67(5,6)7,52-29-17-15-18-30-52)53-31-19-16-20-32-53/h15-22,29-34,36-37,45-46,51H,24-26,28,35,38-44,47-48H2,1-14H3. The molecule has 7 aromatic rings. The molecule has 0 saturated carbocycles. The van der Waals surface area contributed by atoms with Crippen molar-refractivity contribution >= 4 is 98.6 Å². The molecule has 7 rings (SSSR count). The molecule has 0 saturated heterocycles. The minimum absolute atomic E-state index is 0.0349. The van der Waals surface area contributed by atoms with Gasteiger partial charge in [-0.05, 0) is 117 Å². The maximum Gasteiger partial charge on any atom is 0.410 e. The molecule has 0 aliphatic heterocycles. The number of methoxy groups -OCH3 is 1. The highest BCUT2D eigenvalue weighted by Crippen LogP contribution is 2.39. The summed E-state index contributed by atoms with van der Waals surface area (Å²) >= 11 is 2.86. The number of para-hydroxylation sites is 1. The van der Waals surface area contributed by atoms with E-state index < -0.39 is 61.8 Å². The lowest BCUT2D eigenvalue weighted by molar-refractivity contribution is -0.893. The minimum Gasteiger partial charge on any atom is -0.748 e. The van der Waals surface area contributed by atoms with Gasteiger partial charge in [0.1, 0.15) is 18.9 Å². The predicted molar refractivity (Wildman–Crippen MR) is 365 cm³/mol. The molecule has 0 fully saturated rings. The maximum absolute atomic E-state index is 15.5. The lowest BCUT2D eigenvalue weighted by Gasteiger charge is -2.46. The van der Waals surface area contributed by atoms with Crippen molar-refractivity contribution in [3.05, 3.63) is 142 Å². The van der Waals surface area contributed by atoms with Gasteiger partial charge in [0.05, 0.1) is 67.3 Å².